The first-order chi connectivity index (χ1) is 20.6. The molecule has 1 atom stereocenters. The molecule has 0 unspecified atom stereocenters. The van der Waals surface area contributed by atoms with Crippen LogP contribution in [0.5, 0.6) is 5.75 Å². The summed E-state index contributed by atoms with van der Waals surface area (Å²) >= 11 is 6.05. The molecule has 1 saturated carbocycles. The standard InChI is InChI=1S/C33H40ClN3O5S/c1-4-29(33(39)35-27-13-6-7-14-27)36(22-25-12-10-11-24(3)21-25)32(38)23-37(30-15-8-9-16-31(30)42-5-2)43(40,41)28-19-17-26(34)18-20-28/h8-12,15-21,27,29H,4-7,13-14,22-23H2,1-3H3,(H,35,39)/t29-/m0/s1. The van der Waals surface area contributed by atoms with E-state index >= 15 is 0 Å². The maximum Gasteiger partial charge on any atom is 0.264 e. The predicted molar refractivity (Wildman–Crippen MR) is 170 cm³/mol. The molecule has 1 N–H and O–H groups in total. The molecule has 3 aromatic rings. The van der Waals surface area contributed by atoms with Gasteiger partial charge in [0, 0.05) is 17.6 Å². The molecule has 3 aromatic carbocycles. The number of anilines is 1. The Morgan fingerprint density at radius 1 is 1.00 bits per heavy atom. The first kappa shape index (κ1) is 32.4. The van der Waals surface area contributed by atoms with Gasteiger partial charge in [-0.3, -0.25) is 13.9 Å². The number of sulfonamides is 1. The normalized spacial score (nSPS) is 14.2. The van der Waals surface area contributed by atoms with E-state index in [0.717, 1.165) is 41.1 Å². The lowest BCUT2D eigenvalue weighted by Gasteiger charge is -2.34. The summed E-state index contributed by atoms with van der Waals surface area (Å²) in [5.74, 6) is -0.400. The van der Waals surface area contributed by atoms with Crippen LogP contribution in [0.25, 0.3) is 0 Å². The van der Waals surface area contributed by atoms with Gasteiger partial charge in [0.15, 0.2) is 0 Å². The van der Waals surface area contributed by atoms with Crippen molar-refractivity contribution in [1.82, 2.24) is 10.2 Å². The van der Waals surface area contributed by atoms with Gasteiger partial charge in [0.25, 0.3) is 10.0 Å². The Morgan fingerprint density at radius 3 is 2.35 bits per heavy atom. The molecule has 0 spiro atoms. The van der Waals surface area contributed by atoms with Gasteiger partial charge in [-0.1, -0.05) is 73.3 Å². The Hall–Kier alpha value is -3.56. The minimum absolute atomic E-state index is 0.0211. The maximum absolute atomic E-state index is 14.3. The van der Waals surface area contributed by atoms with E-state index in [4.69, 9.17) is 16.3 Å². The summed E-state index contributed by atoms with van der Waals surface area (Å²) in [6, 6.07) is 19.6. The minimum atomic E-state index is -4.24. The molecule has 0 saturated heterocycles. The van der Waals surface area contributed by atoms with Crippen molar-refractivity contribution in [2.45, 2.75) is 76.4 Å². The Labute approximate surface area is 260 Å². The van der Waals surface area contributed by atoms with Crippen LogP contribution in [-0.2, 0) is 26.2 Å². The van der Waals surface area contributed by atoms with E-state index in [2.05, 4.69) is 5.32 Å². The zero-order valence-corrected chi connectivity index (χ0v) is 26.5. The fourth-order valence-electron chi connectivity index (χ4n) is 5.48. The van der Waals surface area contributed by atoms with Crippen LogP contribution >= 0.6 is 11.6 Å². The van der Waals surface area contributed by atoms with Crippen LogP contribution in [0.2, 0.25) is 5.02 Å². The average molecular weight is 626 g/mol. The van der Waals surface area contributed by atoms with Crippen molar-refractivity contribution in [3.05, 3.63) is 88.9 Å². The van der Waals surface area contributed by atoms with Crippen molar-refractivity contribution in [2.75, 3.05) is 17.5 Å². The molecule has 0 radical (unpaired) electrons. The molecule has 0 heterocycles. The van der Waals surface area contributed by atoms with E-state index in [1.165, 1.54) is 29.2 Å². The van der Waals surface area contributed by atoms with Crippen molar-refractivity contribution in [1.29, 1.82) is 0 Å². The number of para-hydroxylation sites is 2. The molecule has 1 aliphatic rings. The van der Waals surface area contributed by atoms with E-state index in [-0.39, 0.29) is 29.1 Å². The Morgan fingerprint density at radius 2 is 1.70 bits per heavy atom. The van der Waals surface area contributed by atoms with Crippen molar-refractivity contribution in [2.24, 2.45) is 0 Å². The van der Waals surface area contributed by atoms with E-state index in [1.807, 2.05) is 38.1 Å². The summed E-state index contributed by atoms with van der Waals surface area (Å²) in [5, 5.41) is 3.53. The highest BCUT2D eigenvalue weighted by atomic mass is 35.5. The fraction of sp³-hybridized carbons (Fsp3) is 0.394. The average Bonchev–Trinajstić information content (AvgIpc) is 3.49. The quantitative estimate of drug-likeness (QED) is 0.247. The first-order valence-electron chi connectivity index (χ1n) is 14.8. The number of rotatable bonds is 13. The first-order valence-corrected chi connectivity index (χ1v) is 16.6. The third-order valence-electron chi connectivity index (χ3n) is 7.64. The number of carbonyl (C=O) groups is 2. The summed E-state index contributed by atoms with van der Waals surface area (Å²) in [4.78, 5) is 29.4. The minimum Gasteiger partial charge on any atom is -0.492 e. The number of hydrogen-bond donors (Lipinski definition) is 1. The van der Waals surface area contributed by atoms with Crippen molar-refractivity contribution >= 4 is 39.1 Å². The number of ether oxygens (including phenoxy) is 1. The van der Waals surface area contributed by atoms with Crippen LogP contribution in [0.3, 0.4) is 0 Å². The summed E-state index contributed by atoms with van der Waals surface area (Å²) in [7, 11) is -4.24. The summed E-state index contributed by atoms with van der Waals surface area (Å²) in [6.45, 7) is 5.55. The van der Waals surface area contributed by atoms with Crippen LogP contribution < -0.4 is 14.4 Å². The van der Waals surface area contributed by atoms with E-state index in [0.29, 0.717) is 23.8 Å². The van der Waals surface area contributed by atoms with Gasteiger partial charge in [-0.2, -0.15) is 0 Å². The number of nitrogens with one attached hydrogen (secondary N) is 1. The lowest BCUT2D eigenvalue weighted by Crippen LogP contribution is -2.53. The highest BCUT2D eigenvalue weighted by Gasteiger charge is 2.35. The van der Waals surface area contributed by atoms with Crippen molar-refractivity contribution in [3.63, 3.8) is 0 Å². The molecular weight excluding hydrogens is 586 g/mol. The third-order valence-corrected chi connectivity index (χ3v) is 9.66. The van der Waals surface area contributed by atoms with Gasteiger partial charge >= 0.3 is 0 Å². The van der Waals surface area contributed by atoms with Crippen molar-refractivity contribution in [3.8, 4) is 5.75 Å². The van der Waals surface area contributed by atoms with E-state index in [1.54, 1.807) is 31.2 Å². The van der Waals surface area contributed by atoms with Gasteiger partial charge in [-0.15, -0.1) is 0 Å². The molecule has 0 bridgehead atoms. The second-order valence-electron chi connectivity index (χ2n) is 10.8. The van der Waals surface area contributed by atoms with Crippen LogP contribution in [0, 0.1) is 6.92 Å². The van der Waals surface area contributed by atoms with Gasteiger partial charge in [0.2, 0.25) is 11.8 Å². The number of halogens is 1. The smallest absolute Gasteiger partial charge is 0.264 e. The van der Waals surface area contributed by atoms with Gasteiger partial charge in [-0.25, -0.2) is 8.42 Å². The molecule has 230 valence electrons. The molecule has 43 heavy (non-hydrogen) atoms. The zero-order valence-electron chi connectivity index (χ0n) is 25.0. The van der Waals surface area contributed by atoms with Crippen LogP contribution in [0.4, 0.5) is 5.69 Å². The van der Waals surface area contributed by atoms with Crippen LogP contribution in [0.15, 0.2) is 77.7 Å². The second kappa shape index (κ2) is 14.8. The number of carbonyl (C=O) groups excluding carboxylic acids is 2. The summed E-state index contributed by atoms with van der Waals surface area (Å²) in [6.07, 6.45) is 4.31. The third kappa shape index (κ3) is 8.09. The topological polar surface area (TPSA) is 96.0 Å². The molecule has 1 fully saturated rings. The van der Waals surface area contributed by atoms with Crippen LogP contribution in [-0.4, -0.2) is 50.4 Å². The fourth-order valence-corrected chi connectivity index (χ4v) is 7.03. The number of nitrogens with zero attached hydrogens (tertiary/aromatic N) is 2. The van der Waals surface area contributed by atoms with Gasteiger partial charge in [-0.05, 0) is 75.1 Å². The van der Waals surface area contributed by atoms with Crippen molar-refractivity contribution < 1.29 is 22.7 Å². The Bertz CT molecular complexity index is 1510. The monoisotopic (exact) mass is 625 g/mol. The zero-order chi connectivity index (χ0) is 31.0. The summed E-state index contributed by atoms with van der Waals surface area (Å²) < 4.78 is 35.1. The maximum atomic E-state index is 14.3. The highest BCUT2D eigenvalue weighted by Crippen LogP contribution is 2.33. The largest absolute Gasteiger partial charge is 0.492 e. The molecule has 2 amide bonds. The van der Waals surface area contributed by atoms with E-state index < -0.39 is 28.5 Å². The number of hydrogen-bond acceptors (Lipinski definition) is 5. The van der Waals surface area contributed by atoms with Gasteiger partial charge < -0.3 is 15.0 Å². The van der Waals surface area contributed by atoms with Crippen LogP contribution in [0.1, 0.15) is 57.1 Å². The molecule has 10 heteroatoms. The molecule has 8 nitrogen and oxygen atoms in total. The predicted octanol–water partition coefficient (Wildman–Crippen LogP) is 6.11. The molecule has 1 aliphatic carbocycles. The Balaban J connectivity index is 1.75. The Kier molecular flexibility index (Phi) is 11.1. The lowest BCUT2D eigenvalue weighted by atomic mass is 10.1. The number of aryl methyl sites for hydroxylation is 1. The molecular formula is C33H40ClN3O5S. The number of benzene rings is 3. The molecule has 0 aromatic heterocycles. The number of amides is 2. The van der Waals surface area contributed by atoms with Gasteiger partial charge in [0.05, 0.1) is 17.2 Å². The molecule has 0 aliphatic heterocycles. The van der Waals surface area contributed by atoms with E-state index in [9.17, 15) is 18.0 Å². The summed E-state index contributed by atoms with van der Waals surface area (Å²) in [5.41, 5.74) is 2.10. The SMILES string of the molecule is CCOc1ccccc1N(CC(=O)N(Cc1cccc(C)c1)[C@@H](CC)C(=O)NC1CCCC1)S(=O)(=O)c1ccc(Cl)cc1. The van der Waals surface area contributed by atoms with Gasteiger partial charge in [0.1, 0.15) is 18.3 Å². The molecule has 4 rings (SSSR count). The highest BCUT2D eigenvalue weighted by molar-refractivity contribution is 7.92. The second-order valence-corrected chi connectivity index (χ2v) is 13.1. The lowest BCUT2D eigenvalue weighted by molar-refractivity contribution is -0.140.